The topological polar surface area (TPSA) is 15.6 Å². The Morgan fingerprint density at radius 3 is 2.52 bits per heavy atom. The van der Waals surface area contributed by atoms with E-state index >= 15 is 0 Å². The van der Waals surface area contributed by atoms with Crippen molar-refractivity contribution in [2.24, 2.45) is 22.7 Å². The van der Waals surface area contributed by atoms with Gasteiger partial charge in [0.25, 0.3) is 0 Å². The summed E-state index contributed by atoms with van der Waals surface area (Å²) in [7, 11) is 0. The first-order chi connectivity index (χ1) is 10.2. The van der Waals surface area contributed by atoms with Crippen molar-refractivity contribution in [2.75, 3.05) is 0 Å². The summed E-state index contributed by atoms with van der Waals surface area (Å²) in [6.07, 6.45) is 7.04. The highest BCUT2D eigenvalue weighted by Gasteiger charge is 2.46. The van der Waals surface area contributed by atoms with Crippen molar-refractivity contribution in [3.63, 3.8) is 0 Å². The third kappa shape index (κ3) is 1.98. The van der Waals surface area contributed by atoms with Crippen LogP contribution in [0.4, 0.5) is 5.69 Å². The van der Waals surface area contributed by atoms with E-state index in [1.54, 1.807) is 0 Å². The molecule has 5 aliphatic rings. The lowest BCUT2D eigenvalue weighted by Gasteiger charge is -2.39. The second kappa shape index (κ2) is 4.58. The van der Waals surface area contributed by atoms with Gasteiger partial charge in [0.15, 0.2) is 0 Å². The zero-order valence-electron chi connectivity index (χ0n) is 11.9. The second-order valence-electron chi connectivity index (χ2n) is 7.24. The Labute approximate surface area is 142 Å². The van der Waals surface area contributed by atoms with Crippen molar-refractivity contribution in [1.29, 1.82) is 0 Å². The van der Waals surface area contributed by atoms with Gasteiger partial charge < -0.3 is 4.90 Å². The van der Waals surface area contributed by atoms with Crippen LogP contribution in [0, 0.1) is 17.8 Å². The van der Waals surface area contributed by atoms with Crippen LogP contribution in [-0.4, -0.2) is 16.8 Å². The molecule has 2 saturated heterocycles. The monoisotopic (exact) mass is 408 g/mol. The molecule has 4 bridgehead atoms. The fraction of sp³-hybridized carbons (Fsp3) is 0.588. The molecule has 2 atom stereocenters. The molecule has 6 rings (SSSR count). The van der Waals surface area contributed by atoms with Gasteiger partial charge >= 0.3 is 0 Å². The minimum atomic E-state index is 0.715. The predicted molar refractivity (Wildman–Crippen MR) is 91.8 cm³/mol. The lowest BCUT2D eigenvalue weighted by atomic mass is 9.68. The minimum Gasteiger partial charge on any atom is -0.352 e. The fourth-order valence-corrected chi connectivity index (χ4v) is 6.54. The van der Waals surface area contributed by atoms with E-state index in [2.05, 4.69) is 48.9 Å². The summed E-state index contributed by atoms with van der Waals surface area (Å²) in [5, 5.41) is 0. The lowest BCUT2D eigenvalue weighted by molar-refractivity contribution is 0.128. The number of benzene rings is 1. The summed E-state index contributed by atoms with van der Waals surface area (Å²) < 4.78 is 2.31. The Hall–Kier alpha value is -0.350. The van der Waals surface area contributed by atoms with Crippen LogP contribution in [0.2, 0.25) is 0 Å². The number of aliphatic imine (C=N–C) groups is 1. The second-order valence-corrected chi connectivity index (χ2v) is 9.01. The van der Waals surface area contributed by atoms with Gasteiger partial charge in [0.1, 0.15) is 5.84 Å². The summed E-state index contributed by atoms with van der Waals surface area (Å²) in [6, 6.07) is 5.07. The summed E-state index contributed by atoms with van der Waals surface area (Å²) in [6.45, 7) is 1.04. The molecule has 4 fully saturated rings. The molecule has 2 nitrogen and oxygen atoms in total. The van der Waals surface area contributed by atoms with E-state index < -0.39 is 0 Å². The molecule has 1 aromatic carbocycles. The maximum absolute atomic E-state index is 5.13. The highest BCUT2D eigenvalue weighted by atomic mass is 79.9. The zero-order chi connectivity index (χ0) is 14.1. The van der Waals surface area contributed by atoms with Gasteiger partial charge in [-0.25, -0.2) is 4.99 Å². The molecule has 3 aliphatic heterocycles. The molecule has 0 amide bonds. The van der Waals surface area contributed by atoms with Crippen LogP contribution in [0.5, 0.6) is 0 Å². The smallest absolute Gasteiger partial charge is 0.108 e. The number of fused-ring (bicyclic) bond motifs is 1. The van der Waals surface area contributed by atoms with E-state index in [1.807, 2.05) is 0 Å². The first-order valence-electron chi connectivity index (χ1n) is 8.00. The standard InChI is InChI=1S/C17H18Br2N2/c18-12-6-15(19)14-8-21-13-4-9-1-10(5-13)3-11(2-9)17(21)20-16(14)7-12/h6-7,9-11,13H,1-5,8H2. The number of hydrogen-bond donors (Lipinski definition) is 0. The highest BCUT2D eigenvalue weighted by molar-refractivity contribution is 9.11. The Morgan fingerprint density at radius 1 is 1.00 bits per heavy atom. The molecule has 21 heavy (non-hydrogen) atoms. The van der Waals surface area contributed by atoms with Crippen LogP contribution in [0.15, 0.2) is 26.1 Å². The van der Waals surface area contributed by atoms with E-state index in [0.29, 0.717) is 5.92 Å². The third-order valence-electron chi connectivity index (χ3n) is 5.91. The van der Waals surface area contributed by atoms with E-state index in [9.17, 15) is 0 Å². The molecule has 0 spiro atoms. The summed E-state index contributed by atoms with van der Waals surface area (Å²) in [5.74, 6) is 4.03. The maximum atomic E-state index is 5.13. The maximum Gasteiger partial charge on any atom is 0.108 e. The number of amidine groups is 1. The van der Waals surface area contributed by atoms with Crippen LogP contribution in [-0.2, 0) is 6.54 Å². The Kier molecular flexibility index (Phi) is 2.86. The molecule has 4 heteroatoms. The van der Waals surface area contributed by atoms with E-state index in [1.165, 1.54) is 53.7 Å². The van der Waals surface area contributed by atoms with Crippen molar-refractivity contribution >= 4 is 43.4 Å². The van der Waals surface area contributed by atoms with Gasteiger partial charge in [-0.3, -0.25) is 0 Å². The van der Waals surface area contributed by atoms with Crippen LogP contribution < -0.4 is 0 Å². The van der Waals surface area contributed by atoms with Crippen molar-refractivity contribution in [2.45, 2.75) is 44.7 Å². The van der Waals surface area contributed by atoms with Crippen LogP contribution in [0.3, 0.4) is 0 Å². The van der Waals surface area contributed by atoms with Crippen molar-refractivity contribution < 1.29 is 0 Å². The summed E-state index contributed by atoms with van der Waals surface area (Å²) >= 11 is 7.34. The Bertz CT molecular complexity index is 640. The van der Waals surface area contributed by atoms with Crippen molar-refractivity contribution in [3.8, 4) is 0 Å². The molecule has 0 aromatic heterocycles. The van der Waals surface area contributed by atoms with Gasteiger partial charge in [-0.15, -0.1) is 0 Å². The van der Waals surface area contributed by atoms with Gasteiger partial charge in [-0.1, -0.05) is 31.9 Å². The molecule has 1 aromatic rings. The third-order valence-corrected chi connectivity index (χ3v) is 7.08. The largest absolute Gasteiger partial charge is 0.352 e. The average molecular weight is 410 g/mol. The van der Waals surface area contributed by atoms with Crippen LogP contribution in [0.25, 0.3) is 0 Å². The summed E-state index contributed by atoms with van der Waals surface area (Å²) in [4.78, 5) is 7.79. The molecule has 2 unspecified atom stereocenters. The number of rotatable bonds is 0. The fourth-order valence-electron chi connectivity index (χ4n) is 5.21. The van der Waals surface area contributed by atoms with Gasteiger partial charge in [0, 0.05) is 33.0 Å². The first kappa shape index (κ1) is 13.1. The Balaban J connectivity index is 1.66. The van der Waals surface area contributed by atoms with Crippen LogP contribution >= 0.6 is 31.9 Å². The summed E-state index contributed by atoms with van der Waals surface area (Å²) in [5.41, 5.74) is 2.53. The van der Waals surface area contributed by atoms with Crippen molar-refractivity contribution in [3.05, 3.63) is 26.6 Å². The molecule has 110 valence electrons. The molecule has 0 radical (unpaired) electrons. The normalized spacial score (nSPS) is 36.1. The zero-order valence-corrected chi connectivity index (χ0v) is 15.0. The van der Waals surface area contributed by atoms with Gasteiger partial charge in [0.05, 0.1) is 5.69 Å². The number of nitrogens with zero attached hydrogens (tertiary/aromatic N) is 2. The first-order valence-corrected chi connectivity index (χ1v) is 9.59. The van der Waals surface area contributed by atoms with E-state index in [4.69, 9.17) is 4.99 Å². The van der Waals surface area contributed by atoms with E-state index in [0.717, 1.165) is 28.9 Å². The van der Waals surface area contributed by atoms with Crippen LogP contribution in [0.1, 0.15) is 37.7 Å². The number of hydrogen-bond acceptors (Lipinski definition) is 2. The van der Waals surface area contributed by atoms with Crippen molar-refractivity contribution in [1.82, 2.24) is 4.90 Å². The lowest BCUT2D eigenvalue weighted by Crippen LogP contribution is -2.42. The van der Waals surface area contributed by atoms with E-state index in [-0.39, 0.29) is 0 Å². The Morgan fingerprint density at radius 2 is 1.76 bits per heavy atom. The molecule has 0 N–H and O–H groups in total. The highest BCUT2D eigenvalue weighted by Crippen LogP contribution is 2.51. The molecular weight excluding hydrogens is 392 g/mol. The molecule has 2 saturated carbocycles. The van der Waals surface area contributed by atoms with Gasteiger partial charge in [-0.05, 0) is 56.1 Å². The predicted octanol–water partition coefficient (Wildman–Crippen LogP) is 5.27. The minimum absolute atomic E-state index is 0.715. The molecule has 2 aliphatic carbocycles. The molecule has 3 heterocycles. The quantitative estimate of drug-likeness (QED) is 0.570. The molecular formula is C17H18Br2N2. The van der Waals surface area contributed by atoms with Gasteiger partial charge in [-0.2, -0.15) is 0 Å². The SMILES string of the molecule is Brc1cc(Br)c2c(c1)N=C1C3CC4CC(C3)CC(C4)N1C2. The number of halogens is 2. The average Bonchev–Trinajstić information content (AvgIpc) is 2.59. The van der Waals surface area contributed by atoms with Gasteiger partial charge in [0.2, 0.25) is 0 Å².